The van der Waals surface area contributed by atoms with Crippen molar-refractivity contribution in [2.45, 2.75) is 18.4 Å². The van der Waals surface area contributed by atoms with Crippen molar-refractivity contribution in [1.29, 1.82) is 0 Å². The molecule has 26 heavy (non-hydrogen) atoms. The number of nitrogens with zero attached hydrogens (tertiary/aromatic N) is 2. The Kier molecular flexibility index (Phi) is 6.27. The molecule has 138 valence electrons. The number of thioether (sulfide) groups is 1. The molecule has 0 unspecified atom stereocenters. The summed E-state index contributed by atoms with van der Waals surface area (Å²) in [7, 11) is 0. The van der Waals surface area contributed by atoms with E-state index in [4.69, 9.17) is 0 Å². The molecule has 0 radical (unpaired) electrons. The van der Waals surface area contributed by atoms with Crippen molar-refractivity contribution in [2.24, 2.45) is 0 Å². The zero-order valence-electron chi connectivity index (χ0n) is 14.8. The quantitative estimate of drug-likeness (QED) is 0.744. The molecular weight excluding hydrogens is 354 g/mol. The van der Waals surface area contributed by atoms with Crippen molar-refractivity contribution in [3.05, 3.63) is 65.2 Å². The Morgan fingerprint density at radius 2 is 1.77 bits per heavy atom. The molecule has 0 aliphatic carbocycles. The van der Waals surface area contributed by atoms with Crippen LogP contribution in [-0.4, -0.2) is 47.6 Å². The average molecular weight is 376 g/mol. The SMILES string of the molecule is Cc1ccccc1CN1CCN(C(=O)CSc2ccc(F)c(F)c2)CC1. The first-order valence-corrected chi connectivity index (χ1v) is 9.64. The highest BCUT2D eigenvalue weighted by Crippen LogP contribution is 2.21. The summed E-state index contributed by atoms with van der Waals surface area (Å²) in [6.45, 7) is 6.10. The number of rotatable bonds is 5. The zero-order chi connectivity index (χ0) is 18.5. The lowest BCUT2D eigenvalue weighted by molar-refractivity contribution is -0.130. The molecule has 0 atom stereocenters. The summed E-state index contributed by atoms with van der Waals surface area (Å²) in [4.78, 5) is 17.1. The molecule has 1 fully saturated rings. The molecule has 0 bridgehead atoms. The maximum Gasteiger partial charge on any atom is 0.233 e. The highest BCUT2D eigenvalue weighted by molar-refractivity contribution is 8.00. The van der Waals surface area contributed by atoms with Crippen LogP contribution in [0.2, 0.25) is 0 Å². The lowest BCUT2D eigenvalue weighted by Gasteiger charge is -2.35. The topological polar surface area (TPSA) is 23.6 Å². The fourth-order valence-electron chi connectivity index (χ4n) is 2.99. The molecule has 3 nitrogen and oxygen atoms in total. The van der Waals surface area contributed by atoms with Crippen LogP contribution in [0.15, 0.2) is 47.4 Å². The Labute approximate surface area is 157 Å². The van der Waals surface area contributed by atoms with Gasteiger partial charge in [0.25, 0.3) is 0 Å². The van der Waals surface area contributed by atoms with Gasteiger partial charge in [-0.25, -0.2) is 8.78 Å². The van der Waals surface area contributed by atoms with E-state index in [-0.39, 0.29) is 11.7 Å². The van der Waals surface area contributed by atoms with Gasteiger partial charge in [0.15, 0.2) is 11.6 Å². The molecule has 1 heterocycles. The van der Waals surface area contributed by atoms with Crippen LogP contribution in [0.1, 0.15) is 11.1 Å². The fraction of sp³-hybridized carbons (Fsp3) is 0.350. The van der Waals surface area contributed by atoms with Gasteiger partial charge in [0, 0.05) is 37.6 Å². The number of piperazine rings is 1. The average Bonchev–Trinajstić information content (AvgIpc) is 2.65. The molecule has 6 heteroatoms. The van der Waals surface area contributed by atoms with Crippen LogP contribution < -0.4 is 0 Å². The number of benzene rings is 2. The summed E-state index contributed by atoms with van der Waals surface area (Å²) in [6, 6.07) is 12.1. The maximum absolute atomic E-state index is 13.2. The normalized spacial score (nSPS) is 15.3. The predicted octanol–water partition coefficient (Wildman–Crippen LogP) is 3.71. The third-order valence-corrected chi connectivity index (χ3v) is 5.61. The second kappa shape index (κ2) is 8.64. The largest absolute Gasteiger partial charge is 0.339 e. The molecule has 0 spiro atoms. The van der Waals surface area contributed by atoms with Gasteiger partial charge in [-0.1, -0.05) is 24.3 Å². The first-order chi connectivity index (χ1) is 12.5. The van der Waals surface area contributed by atoms with Crippen LogP contribution in [0.3, 0.4) is 0 Å². The molecule has 1 aliphatic heterocycles. The highest BCUT2D eigenvalue weighted by atomic mass is 32.2. The van der Waals surface area contributed by atoms with E-state index in [1.54, 1.807) is 0 Å². The number of hydrogen-bond acceptors (Lipinski definition) is 3. The maximum atomic E-state index is 13.2. The summed E-state index contributed by atoms with van der Waals surface area (Å²) in [5, 5.41) is 0. The Hall–Kier alpha value is -1.92. The van der Waals surface area contributed by atoms with Crippen LogP contribution in [0.4, 0.5) is 8.78 Å². The molecule has 3 rings (SSSR count). The minimum atomic E-state index is -0.882. The summed E-state index contributed by atoms with van der Waals surface area (Å²) in [5.41, 5.74) is 2.61. The zero-order valence-corrected chi connectivity index (χ0v) is 15.6. The van der Waals surface area contributed by atoms with Crippen molar-refractivity contribution < 1.29 is 13.6 Å². The third-order valence-electron chi connectivity index (χ3n) is 4.63. The molecule has 2 aromatic carbocycles. The van der Waals surface area contributed by atoms with Gasteiger partial charge in [-0.15, -0.1) is 11.8 Å². The standard InChI is InChI=1S/C20H22F2N2OS/c1-15-4-2-3-5-16(15)13-23-8-10-24(11-9-23)20(25)14-26-17-6-7-18(21)19(22)12-17/h2-7,12H,8-11,13-14H2,1H3. The fourth-order valence-corrected chi connectivity index (χ4v) is 3.81. The van der Waals surface area contributed by atoms with Gasteiger partial charge in [-0.2, -0.15) is 0 Å². The van der Waals surface area contributed by atoms with E-state index in [2.05, 4.69) is 30.0 Å². The van der Waals surface area contributed by atoms with Crippen LogP contribution in [0.25, 0.3) is 0 Å². The van der Waals surface area contributed by atoms with E-state index in [1.807, 2.05) is 11.0 Å². The summed E-state index contributed by atoms with van der Waals surface area (Å²) >= 11 is 1.24. The smallest absolute Gasteiger partial charge is 0.233 e. The predicted molar refractivity (Wildman–Crippen MR) is 100 cm³/mol. The minimum Gasteiger partial charge on any atom is -0.339 e. The van der Waals surface area contributed by atoms with Gasteiger partial charge >= 0.3 is 0 Å². The molecule has 1 aliphatic rings. The van der Waals surface area contributed by atoms with Gasteiger partial charge in [0.05, 0.1) is 5.75 Å². The van der Waals surface area contributed by atoms with Crippen molar-refractivity contribution in [2.75, 3.05) is 31.9 Å². The lowest BCUT2D eigenvalue weighted by Crippen LogP contribution is -2.48. The van der Waals surface area contributed by atoms with Crippen LogP contribution >= 0.6 is 11.8 Å². The van der Waals surface area contributed by atoms with E-state index < -0.39 is 11.6 Å². The number of halogens is 2. The Morgan fingerprint density at radius 3 is 2.46 bits per heavy atom. The number of carbonyl (C=O) groups is 1. The molecular formula is C20H22F2N2OS. The van der Waals surface area contributed by atoms with Gasteiger partial charge in [0.2, 0.25) is 5.91 Å². The van der Waals surface area contributed by atoms with Crippen LogP contribution in [-0.2, 0) is 11.3 Å². The van der Waals surface area contributed by atoms with Crippen LogP contribution in [0.5, 0.6) is 0 Å². The van der Waals surface area contributed by atoms with Crippen molar-refractivity contribution >= 4 is 17.7 Å². The highest BCUT2D eigenvalue weighted by Gasteiger charge is 2.21. The Bertz CT molecular complexity index is 776. The summed E-state index contributed by atoms with van der Waals surface area (Å²) < 4.78 is 26.2. The molecule has 0 aromatic heterocycles. The molecule has 0 saturated carbocycles. The Morgan fingerprint density at radius 1 is 1.04 bits per heavy atom. The van der Waals surface area contributed by atoms with E-state index >= 15 is 0 Å². The number of aryl methyl sites for hydroxylation is 1. The van der Waals surface area contributed by atoms with Crippen molar-refractivity contribution in [3.63, 3.8) is 0 Å². The molecule has 1 amide bonds. The molecule has 0 N–H and O–H groups in total. The summed E-state index contributed by atoms with van der Waals surface area (Å²) in [6.07, 6.45) is 0. The minimum absolute atomic E-state index is 0.0373. The second-order valence-corrected chi connectivity index (χ2v) is 7.50. The van der Waals surface area contributed by atoms with Gasteiger partial charge in [0.1, 0.15) is 0 Å². The number of hydrogen-bond donors (Lipinski definition) is 0. The second-order valence-electron chi connectivity index (χ2n) is 6.45. The Balaban J connectivity index is 1.46. The molecule has 1 saturated heterocycles. The van der Waals surface area contributed by atoms with Crippen molar-refractivity contribution in [3.8, 4) is 0 Å². The lowest BCUT2D eigenvalue weighted by atomic mass is 10.1. The van der Waals surface area contributed by atoms with E-state index in [9.17, 15) is 13.6 Å². The number of carbonyl (C=O) groups excluding carboxylic acids is 1. The summed E-state index contributed by atoms with van der Waals surface area (Å²) in [5.74, 6) is -1.48. The van der Waals surface area contributed by atoms with E-state index in [0.717, 1.165) is 31.8 Å². The molecule has 2 aromatic rings. The van der Waals surface area contributed by atoms with E-state index in [0.29, 0.717) is 18.0 Å². The van der Waals surface area contributed by atoms with E-state index in [1.165, 1.54) is 29.0 Å². The third kappa shape index (κ3) is 4.83. The van der Waals surface area contributed by atoms with Crippen LogP contribution in [0, 0.1) is 18.6 Å². The van der Waals surface area contributed by atoms with Gasteiger partial charge in [-0.3, -0.25) is 9.69 Å². The van der Waals surface area contributed by atoms with Gasteiger partial charge < -0.3 is 4.90 Å². The monoisotopic (exact) mass is 376 g/mol. The van der Waals surface area contributed by atoms with Gasteiger partial charge in [-0.05, 0) is 36.2 Å². The number of amides is 1. The first kappa shape index (κ1) is 18.9. The first-order valence-electron chi connectivity index (χ1n) is 8.65. The van der Waals surface area contributed by atoms with Crippen molar-refractivity contribution in [1.82, 2.24) is 9.80 Å².